The van der Waals surface area contributed by atoms with Crippen LogP contribution < -0.4 is 0 Å². The van der Waals surface area contributed by atoms with Crippen molar-refractivity contribution < 1.29 is 14.3 Å². The second-order valence-electron chi connectivity index (χ2n) is 2.18. The smallest absolute Gasteiger partial charge is 0.303 e. The Morgan fingerprint density at radius 2 is 2.50 bits per heavy atom. The zero-order valence-corrected chi connectivity index (χ0v) is 5.66. The molecule has 0 aromatic rings. The highest BCUT2D eigenvalue weighted by Crippen LogP contribution is 2.09. The fraction of sp³-hybridized carbons (Fsp3) is 0.429. The van der Waals surface area contributed by atoms with Gasteiger partial charge in [-0.25, -0.2) is 0 Å². The topological polar surface area (TPSA) is 43.4 Å². The fourth-order valence-electron chi connectivity index (χ4n) is 0.843. The number of ketones is 1. The summed E-state index contributed by atoms with van der Waals surface area (Å²) in [6.07, 6.45) is 3.03. The van der Waals surface area contributed by atoms with Crippen LogP contribution in [0.5, 0.6) is 0 Å². The van der Waals surface area contributed by atoms with E-state index in [0.717, 1.165) is 0 Å². The molecule has 3 nitrogen and oxygen atoms in total. The van der Waals surface area contributed by atoms with E-state index in [0.29, 0.717) is 6.42 Å². The van der Waals surface area contributed by atoms with E-state index < -0.39 is 0 Å². The van der Waals surface area contributed by atoms with Crippen LogP contribution in [0.4, 0.5) is 0 Å². The van der Waals surface area contributed by atoms with E-state index in [-0.39, 0.29) is 17.9 Å². The summed E-state index contributed by atoms with van der Waals surface area (Å²) >= 11 is 0. The molecule has 0 saturated heterocycles. The highest BCUT2D eigenvalue weighted by Gasteiger charge is 2.17. The number of esters is 1. The van der Waals surface area contributed by atoms with Crippen molar-refractivity contribution in [2.24, 2.45) is 0 Å². The van der Waals surface area contributed by atoms with Gasteiger partial charge in [-0.3, -0.25) is 9.59 Å². The van der Waals surface area contributed by atoms with Crippen LogP contribution in [0, 0.1) is 0 Å². The van der Waals surface area contributed by atoms with Crippen molar-refractivity contribution >= 4 is 11.8 Å². The molecule has 0 aromatic heterocycles. The molecule has 1 rings (SSSR count). The predicted octanol–water partition coefficient (Wildman–Crippen LogP) is 0.447. The molecule has 0 N–H and O–H groups in total. The number of rotatable bonds is 1. The Balaban J connectivity index is 2.40. The molecule has 0 bridgehead atoms. The third-order valence-corrected chi connectivity index (χ3v) is 1.22. The van der Waals surface area contributed by atoms with E-state index >= 15 is 0 Å². The highest BCUT2D eigenvalue weighted by atomic mass is 16.5. The molecule has 1 aliphatic rings. The van der Waals surface area contributed by atoms with Crippen molar-refractivity contribution in [2.75, 3.05) is 0 Å². The van der Waals surface area contributed by atoms with Crippen LogP contribution in [0.2, 0.25) is 0 Å². The van der Waals surface area contributed by atoms with Crippen LogP contribution >= 0.6 is 0 Å². The molecule has 10 heavy (non-hydrogen) atoms. The van der Waals surface area contributed by atoms with Crippen molar-refractivity contribution in [3.8, 4) is 0 Å². The van der Waals surface area contributed by atoms with E-state index in [1.54, 1.807) is 6.08 Å². The molecule has 0 spiro atoms. The van der Waals surface area contributed by atoms with Gasteiger partial charge in [0.05, 0.1) is 6.42 Å². The van der Waals surface area contributed by atoms with Gasteiger partial charge in [0, 0.05) is 6.92 Å². The molecule has 54 valence electrons. The van der Waals surface area contributed by atoms with Gasteiger partial charge in [-0.05, 0) is 12.2 Å². The molecule has 0 fully saturated rings. The molecule has 1 aliphatic carbocycles. The number of hydrogen-bond donors (Lipinski definition) is 0. The average molecular weight is 140 g/mol. The van der Waals surface area contributed by atoms with Crippen molar-refractivity contribution in [1.29, 1.82) is 0 Å². The first kappa shape index (κ1) is 6.99. The second-order valence-corrected chi connectivity index (χ2v) is 2.18. The Morgan fingerprint density at radius 3 is 2.90 bits per heavy atom. The molecular formula is C7H8O3. The molecule has 0 unspecified atom stereocenters. The van der Waals surface area contributed by atoms with Crippen LogP contribution in [0.1, 0.15) is 13.3 Å². The lowest BCUT2D eigenvalue weighted by Crippen LogP contribution is -2.12. The van der Waals surface area contributed by atoms with Gasteiger partial charge in [0.25, 0.3) is 0 Å². The molecule has 0 saturated carbocycles. The van der Waals surface area contributed by atoms with Gasteiger partial charge >= 0.3 is 5.97 Å². The minimum Gasteiger partial charge on any atom is -0.458 e. The minimum absolute atomic E-state index is 0.0197. The third-order valence-electron chi connectivity index (χ3n) is 1.22. The van der Waals surface area contributed by atoms with E-state index in [1.807, 2.05) is 0 Å². The van der Waals surface area contributed by atoms with Crippen molar-refractivity contribution in [2.45, 2.75) is 19.4 Å². The molecule has 0 amide bonds. The van der Waals surface area contributed by atoms with Gasteiger partial charge in [-0.2, -0.15) is 0 Å². The van der Waals surface area contributed by atoms with E-state index in [4.69, 9.17) is 4.74 Å². The maximum Gasteiger partial charge on any atom is 0.303 e. The van der Waals surface area contributed by atoms with Crippen molar-refractivity contribution in [3.05, 3.63) is 12.2 Å². The largest absolute Gasteiger partial charge is 0.458 e. The van der Waals surface area contributed by atoms with Crippen molar-refractivity contribution in [1.82, 2.24) is 0 Å². The van der Waals surface area contributed by atoms with Crippen molar-refractivity contribution in [3.63, 3.8) is 0 Å². The quantitative estimate of drug-likeness (QED) is 0.496. The molecule has 0 radical (unpaired) electrons. The van der Waals surface area contributed by atoms with Gasteiger partial charge in [0.15, 0.2) is 5.78 Å². The lowest BCUT2D eigenvalue weighted by atomic mass is 10.3. The summed E-state index contributed by atoms with van der Waals surface area (Å²) in [6.45, 7) is 1.33. The van der Waals surface area contributed by atoms with Gasteiger partial charge in [0.1, 0.15) is 6.10 Å². The number of hydrogen-bond acceptors (Lipinski definition) is 3. The Kier molecular flexibility index (Phi) is 1.85. The zero-order chi connectivity index (χ0) is 7.56. The summed E-state index contributed by atoms with van der Waals surface area (Å²) in [5.41, 5.74) is 0. The maximum atomic E-state index is 10.6. The summed E-state index contributed by atoms with van der Waals surface area (Å²) in [6, 6.07) is 0. The summed E-state index contributed by atoms with van der Waals surface area (Å²) in [4.78, 5) is 20.9. The maximum absolute atomic E-state index is 10.6. The Bertz CT molecular complexity index is 193. The Morgan fingerprint density at radius 1 is 1.80 bits per heavy atom. The highest BCUT2D eigenvalue weighted by molar-refractivity contribution is 5.93. The summed E-state index contributed by atoms with van der Waals surface area (Å²) < 4.78 is 4.74. The normalized spacial score (nSPS) is 23.3. The molecule has 3 heteroatoms. The lowest BCUT2D eigenvalue weighted by molar-refractivity contribution is -0.144. The average Bonchev–Trinajstić information content (AvgIpc) is 2.13. The zero-order valence-electron chi connectivity index (χ0n) is 5.66. The first-order valence-electron chi connectivity index (χ1n) is 3.07. The summed E-state index contributed by atoms with van der Waals surface area (Å²) in [5, 5.41) is 0. The van der Waals surface area contributed by atoms with Gasteiger partial charge in [-0.1, -0.05) is 0 Å². The molecule has 0 heterocycles. The van der Waals surface area contributed by atoms with E-state index in [2.05, 4.69) is 0 Å². The molecule has 1 atom stereocenters. The van der Waals surface area contributed by atoms with E-state index in [1.165, 1.54) is 13.0 Å². The molecular weight excluding hydrogens is 132 g/mol. The summed E-state index contributed by atoms with van der Waals surface area (Å²) in [5.74, 6) is -0.324. The molecule has 0 aromatic carbocycles. The predicted molar refractivity (Wildman–Crippen MR) is 34.3 cm³/mol. The number of ether oxygens (including phenoxy) is 1. The van der Waals surface area contributed by atoms with Gasteiger partial charge < -0.3 is 4.74 Å². The standard InChI is InChI=1S/C7H8O3/c1-5(8)10-7-3-2-6(9)4-7/h2-3,7H,4H2,1H3/t7-/m1/s1. The summed E-state index contributed by atoms with van der Waals surface area (Å²) in [7, 11) is 0. The lowest BCUT2D eigenvalue weighted by Gasteiger charge is -2.05. The third kappa shape index (κ3) is 1.69. The van der Waals surface area contributed by atoms with Crippen LogP contribution in [-0.4, -0.2) is 17.9 Å². The number of carbonyl (C=O) groups excluding carboxylic acids is 2. The van der Waals surface area contributed by atoms with Gasteiger partial charge in [0.2, 0.25) is 0 Å². The first-order chi connectivity index (χ1) is 4.68. The van der Waals surface area contributed by atoms with Crippen LogP contribution in [0.25, 0.3) is 0 Å². The van der Waals surface area contributed by atoms with Crippen LogP contribution in [0.15, 0.2) is 12.2 Å². The van der Waals surface area contributed by atoms with Crippen LogP contribution in [-0.2, 0) is 14.3 Å². The van der Waals surface area contributed by atoms with Crippen LogP contribution in [0.3, 0.4) is 0 Å². The van der Waals surface area contributed by atoms with E-state index in [9.17, 15) is 9.59 Å². The Labute approximate surface area is 58.7 Å². The fourth-order valence-corrected chi connectivity index (χ4v) is 0.843. The van der Waals surface area contributed by atoms with Gasteiger partial charge in [-0.15, -0.1) is 0 Å². The second kappa shape index (κ2) is 2.64. The molecule has 0 aliphatic heterocycles. The SMILES string of the molecule is CC(=O)O[C@@H]1C=CC(=O)C1. The Hall–Kier alpha value is -1.12. The number of carbonyl (C=O) groups is 2. The number of allylic oxidation sites excluding steroid dienone is 1. The monoisotopic (exact) mass is 140 g/mol. The minimum atomic E-state index is -0.343. The first-order valence-corrected chi connectivity index (χ1v) is 3.07.